The molecule has 1 heterocycles. The first-order chi connectivity index (χ1) is 10.5. The standard InChI is InChI=1S/C18H20O3S/c19-18(15-9-3-1-4-10-15,16-11-5-2-6-12-16)17-13-7-8-14-22(17,20)21/h1-6,9-12,17,19H,7-8,13-14H2. The predicted octanol–water partition coefficient (Wildman–Crippen LogP) is 2.89. The van der Waals surface area contributed by atoms with Gasteiger partial charge in [-0.2, -0.15) is 0 Å². The lowest BCUT2D eigenvalue weighted by atomic mass is 9.81. The summed E-state index contributed by atoms with van der Waals surface area (Å²) >= 11 is 0. The van der Waals surface area contributed by atoms with Crippen molar-refractivity contribution >= 4 is 9.84 Å². The topological polar surface area (TPSA) is 54.4 Å². The zero-order valence-electron chi connectivity index (χ0n) is 12.4. The Morgan fingerprint density at radius 1 is 0.864 bits per heavy atom. The van der Waals surface area contributed by atoms with Gasteiger partial charge in [-0.25, -0.2) is 8.42 Å². The smallest absolute Gasteiger partial charge is 0.156 e. The summed E-state index contributed by atoms with van der Waals surface area (Å²) < 4.78 is 25.2. The van der Waals surface area contributed by atoms with E-state index in [1.807, 2.05) is 36.4 Å². The quantitative estimate of drug-likeness (QED) is 0.947. The Hall–Kier alpha value is -1.65. The fourth-order valence-corrected chi connectivity index (χ4v) is 5.56. The molecule has 1 unspecified atom stereocenters. The van der Waals surface area contributed by atoms with Gasteiger partial charge in [-0.15, -0.1) is 0 Å². The summed E-state index contributed by atoms with van der Waals surface area (Å²) in [7, 11) is -3.33. The third-order valence-corrected chi connectivity index (χ3v) is 6.77. The van der Waals surface area contributed by atoms with E-state index in [0.717, 1.165) is 6.42 Å². The molecule has 1 fully saturated rings. The molecule has 3 rings (SSSR count). The first kappa shape index (κ1) is 15.3. The van der Waals surface area contributed by atoms with Crippen LogP contribution in [0.4, 0.5) is 0 Å². The molecule has 0 aliphatic carbocycles. The van der Waals surface area contributed by atoms with Gasteiger partial charge < -0.3 is 5.11 Å². The number of hydrogen-bond acceptors (Lipinski definition) is 3. The molecule has 0 aromatic heterocycles. The summed E-state index contributed by atoms with van der Waals surface area (Å²) in [5.74, 6) is 0.152. The summed E-state index contributed by atoms with van der Waals surface area (Å²) in [5.41, 5.74) is -0.227. The van der Waals surface area contributed by atoms with Crippen LogP contribution in [-0.2, 0) is 15.4 Å². The Labute approximate surface area is 131 Å². The minimum atomic E-state index is -3.33. The van der Waals surface area contributed by atoms with Gasteiger partial charge in [0.05, 0.1) is 11.0 Å². The van der Waals surface area contributed by atoms with Crippen LogP contribution < -0.4 is 0 Å². The Kier molecular flexibility index (Phi) is 4.06. The number of aliphatic hydroxyl groups is 1. The van der Waals surface area contributed by atoms with E-state index in [9.17, 15) is 13.5 Å². The first-order valence-electron chi connectivity index (χ1n) is 7.60. The third-order valence-electron chi connectivity index (χ3n) is 4.47. The van der Waals surface area contributed by atoms with Crippen molar-refractivity contribution in [1.82, 2.24) is 0 Å². The zero-order chi connectivity index (χ0) is 15.6. The molecule has 116 valence electrons. The lowest BCUT2D eigenvalue weighted by Gasteiger charge is -2.38. The molecule has 4 heteroatoms. The van der Waals surface area contributed by atoms with Crippen molar-refractivity contribution in [1.29, 1.82) is 0 Å². The molecule has 0 amide bonds. The van der Waals surface area contributed by atoms with Crippen molar-refractivity contribution in [2.45, 2.75) is 30.1 Å². The van der Waals surface area contributed by atoms with E-state index in [-0.39, 0.29) is 5.75 Å². The number of hydrogen-bond donors (Lipinski definition) is 1. The molecule has 1 aliphatic rings. The second-order valence-corrected chi connectivity index (χ2v) is 8.15. The fourth-order valence-electron chi connectivity index (χ4n) is 3.35. The molecule has 0 saturated carbocycles. The molecular formula is C18H20O3S. The molecule has 2 aromatic carbocycles. The van der Waals surface area contributed by atoms with Crippen LogP contribution >= 0.6 is 0 Å². The highest BCUT2D eigenvalue weighted by Gasteiger charge is 2.48. The van der Waals surface area contributed by atoms with Crippen LogP contribution in [0.2, 0.25) is 0 Å². The van der Waals surface area contributed by atoms with Crippen molar-refractivity contribution in [2.24, 2.45) is 0 Å². The summed E-state index contributed by atoms with van der Waals surface area (Å²) in [6.45, 7) is 0. The maximum atomic E-state index is 12.6. The van der Waals surface area contributed by atoms with Gasteiger partial charge in [0.1, 0.15) is 5.60 Å². The van der Waals surface area contributed by atoms with Gasteiger partial charge in [0.15, 0.2) is 9.84 Å². The minimum absolute atomic E-state index is 0.152. The van der Waals surface area contributed by atoms with Crippen LogP contribution in [0.3, 0.4) is 0 Å². The van der Waals surface area contributed by atoms with E-state index in [1.165, 1.54) is 0 Å². The highest BCUT2D eigenvalue weighted by Crippen LogP contribution is 2.40. The molecule has 1 aliphatic heterocycles. The summed E-state index contributed by atoms with van der Waals surface area (Å²) in [6, 6.07) is 18.3. The average molecular weight is 316 g/mol. The van der Waals surface area contributed by atoms with E-state index in [2.05, 4.69) is 0 Å². The molecule has 1 N–H and O–H groups in total. The number of sulfone groups is 1. The van der Waals surface area contributed by atoms with Crippen LogP contribution in [0.5, 0.6) is 0 Å². The molecule has 0 bridgehead atoms. The third kappa shape index (κ3) is 2.57. The molecule has 0 radical (unpaired) electrons. The minimum Gasteiger partial charge on any atom is -0.379 e. The van der Waals surface area contributed by atoms with Crippen LogP contribution in [0.1, 0.15) is 30.4 Å². The normalized spacial score (nSPS) is 21.4. The fraction of sp³-hybridized carbons (Fsp3) is 0.333. The molecular weight excluding hydrogens is 296 g/mol. The SMILES string of the molecule is O=S1(=O)CCCCC1C(O)(c1ccccc1)c1ccccc1. The van der Waals surface area contributed by atoms with Crippen molar-refractivity contribution < 1.29 is 13.5 Å². The van der Waals surface area contributed by atoms with Gasteiger partial charge in [0, 0.05) is 0 Å². The monoisotopic (exact) mass is 316 g/mol. The Morgan fingerprint density at radius 2 is 1.36 bits per heavy atom. The largest absolute Gasteiger partial charge is 0.379 e. The Balaban J connectivity index is 2.20. The van der Waals surface area contributed by atoms with Crippen LogP contribution in [0.15, 0.2) is 60.7 Å². The maximum Gasteiger partial charge on any atom is 0.156 e. The summed E-state index contributed by atoms with van der Waals surface area (Å²) in [4.78, 5) is 0. The second-order valence-electron chi connectivity index (χ2n) is 5.85. The van der Waals surface area contributed by atoms with Crippen molar-refractivity contribution in [3.63, 3.8) is 0 Å². The second kappa shape index (κ2) is 5.86. The molecule has 2 aromatic rings. The summed E-state index contributed by atoms with van der Waals surface area (Å²) in [5, 5.41) is 10.7. The van der Waals surface area contributed by atoms with Crippen molar-refractivity contribution in [3.8, 4) is 0 Å². The van der Waals surface area contributed by atoms with E-state index in [1.54, 1.807) is 24.3 Å². The number of rotatable bonds is 3. The van der Waals surface area contributed by atoms with E-state index in [0.29, 0.717) is 24.0 Å². The molecule has 3 nitrogen and oxygen atoms in total. The highest BCUT2D eigenvalue weighted by atomic mass is 32.2. The van der Waals surface area contributed by atoms with Crippen LogP contribution in [0, 0.1) is 0 Å². The maximum absolute atomic E-state index is 12.6. The van der Waals surface area contributed by atoms with Crippen LogP contribution in [-0.4, -0.2) is 24.5 Å². The van der Waals surface area contributed by atoms with Gasteiger partial charge >= 0.3 is 0 Å². The van der Waals surface area contributed by atoms with Crippen LogP contribution in [0.25, 0.3) is 0 Å². The van der Waals surface area contributed by atoms with Crippen molar-refractivity contribution in [3.05, 3.63) is 71.8 Å². The van der Waals surface area contributed by atoms with Gasteiger partial charge in [0.2, 0.25) is 0 Å². The van der Waals surface area contributed by atoms with Gasteiger partial charge in [-0.05, 0) is 24.0 Å². The lowest BCUT2D eigenvalue weighted by Crippen LogP contribution is -2.48. The van der Waals surface area contributed by atoms with E-state index in [4.69, 9.17) is 0 Å². The average Bonchev–Trinajstić information content (AvgIpc) is 2.55. The van der Waals surface area contributed by atoms with E-state index < -0.39 is 20.7 Å². The lowest BCUT2D eigenvalue weighted by molar-refractivity contribution is 0.0702. The highest BCUT2D eigenvalue weighted by molar-refractivity contribution is 7.92. The van der Waals surface area contributed by atoms with E-state index >= 15 is 0 Å². The zero-order valence-corrected chi connectivity index (χ0v) is 13.2. The summed E-state index contributed by atoms with van der Waals surface area (Å²) in [6.07, 6.45) is 1.99. The number of benzene rings is 2. The molecule has 1 atom stereocenters. The first-order valence-corrected chi connectivity index (χ1v) is 9.32. The van der Waals surface area contributed by atoms with Gasteiger partial charge in [-0.1, -0.05) is 67.1 Å². The predicted molar refractivity (Wildman–Crippen MR) is 87.3 cm³/mol. The van der Waals surface area contributed by atoms with Gasteiger partial charge in [0.25, 0.3) is 0 Å². The van der Waals surface area contributed by atoms with Gasteiger partial charge in [-0.3, -0.25) is 0 Å². The molecule has 22 heavy (non-hydrogen) atoms. The molecule has 1 saturated heterocycles. The Morgan fingerprint density at radius 3 is 1.82 bits per heavy atom. The van der Waals surface area contributed by atoms with Crippen molar-refractivity contribution in [2.75, 3.05) is 5.75 Å². The molecule has 0 spiro atoms. The Bertz CT molecular complexity index is 684.